The number of furan rings is 1. The largest absolute Gasteiger partial charge is 0.465 e. The van der Waals surface area contributed by atoms with Gasteiger partial charge in [0.15, 0.2) is 0 Å². The Balaban J connectivity index is 2.02. The van der Waals surface area contributed by atoms with Crippen molar-refractivity contribution in [1.82, 2.24) is 10.2 Å². The fourth-order valence-electron chi connectivity index (χ4n) is 2.73. The molecule has 1 aliphatic heterocycles. The lowest BCUT2D eigenvalue weighted by molar-refractivity contribution is 0.155. The lowest BCUT2D eigenvalue weighted by Gasteiger charge is -2.33. The number of rotatable bonds is 2. The van der Waals surface area contributed by atoms with Crippen molar-refractivity contribution < 1.29 is 4.42 Å². The molecule has 1 N–H and O–H groups in total. The van der Waals surface area contributed by atoms with E-state index in [-0.39, 0.29) is 0 Å². The van der Waals surface area contributed by atoms with Crippen molar-refractivity contribution in [1.29, 1.82) is 0 Å². The Bertz CT molecular complexity index is 362. The molecule has 0 radical (unpaired) electrons. The third kappa shape index (κ3) is 3.36. The van der Waals surface area contributed by atoms with Gasteiger partial charge in [0.2, 0.25) is 0 Å². The van der Waals surface area contributed by atoms with Crippen molar-refractivity contribution in [2.75, 3.05) is 13.1 Å². The van der Waals surface area contributed by atoms with Crippen LogP contribution in [0.5, 0.6) is 0 Å². The average molecular weight is 250 g/mol. The molecule has 3 atom stereocenters. The monoisotopic (exact) mass is 250 g/mol. The Morgan fingerprint density at radius 2 is 1.83 bits per heavy atom. The number of nitrogens with one attached hydrogen (secondary N) is 1. The van der Waals surface area contributed by atoms with Crippen LogP contribution in [0.25, 0.3) is 0 Å². The maximum atomic E-state index is 5.77. The summed E-state index contributed by atoms with van der Waals surface area (Å²) in [5, 5.41) is 3.63. The van der Waals surface area contributed by atoms with E-state index in [4.69, 9.17) is 4.42 Å². The molecule has 3 unspecified atom stereocenters. The molecule has 2 heterocycles. The van der Waals surface area contributed by atoms with Crippen LogP contribution in [0.2, 0.25) is 0 Å². The highest BCUT2D eigenvalue weighted by Gasteiger charge is 2.22. The van der Waals surface area contributed by atoms with Crippen LogP contribution in [0.1, 0.15) is 51.2 Å². The van der Waals surface area contributed by atoms with Crippen molar-refractivity contribution in [2.45, 2.75) is 58.7 Å². The van der Waals surface area contributed by atoms with Crippen LogP contribution < -0.4 is 5.32 Å². The first-order valence-corrected chi connectivity index (χ1v) is 7.12. The third-order valence-corrected chi connectivity index (χ3v) is 3.99. The van der Waals surface area contributed by atoms with E-state index >= 15 is 0 Å². The summed E-state index contributed by atoms with van der Waals surface area (Å²) in [5.74, 6) is 2.11. The Morgan fingerprint density at radius 3 is 2.33 bits per heavy atom. The molecular weight excluding hydrogens is 224 g/mol. The van der Waals surface area contributed by atoms with Gasteiger partial charge in [-0.15, -0.1) is 0 Å². The minimum Gasteiger partial charge on any atom is -0.465 e. The van der Waals surface area contributed by atoms with Crippen molar-refractivity contribution in [3.05, 3.63) is 23.7 Å². The number of aryl methyl sites for hydroxylation is 1. The standard InChI is InChI=1S/C15H26N2O/c1-11-7-9-17(10-8-12(2)16-11)14(4)15-6-5-13(3)18-15/h5-6,11-12,14,16H,7-10H2,1-4H3. The Hall–Kier alpha value is -0.800. The van der Waals surface area contributed by atoms with Crippen LogP contribution in [0.3, 0.4) is 0 Å². The molecule has 1 saturated heterocycles. The lowest BCUT2D eigenvalue weighted by atomic mass is 10.1. The molecule has 18 heavy (non-hydrogen) atoms. The van der Waals surface area contributed by atoms with Crippen molar-refractivity contribution in [3.63, 3.8) is 0 Å². The highest BCUT2D eigenvalue weighted by Crippen LogP contribution is 2.24. The predicted octanol–water partition coefficient (Wildman–Crippen LogP) is 3.11. The molecule has 0 aromatic carbocycles. The second-order valence-corrected chi connectivity index (χ2v) is 5.71. The van der Waals surface area contributed by atoms with E-state index in [9.17, 15) is 0 Å². The normalized spacial score (nSPS) is 28.7. The molecule has 3 nitrogen and oxygen atoms in total. The Labute approximate surface area is 111 Å². The van der Waals surface area contributed by atoms with Gasteiger partial charge in [-0.05, 0) is 52.7 Å². The first kappa shape index (κ1) is 13.6. The molecule has 0 bridgehead atoms. The molecule has 1 aromatic heterocycles. The topological polar surface area (TPSA) is 28.4 Å². The van der Waals surface area contributed by atoms with E-state index in [0.717, 1.165) is 24.6 Å². The quantitative estimate of drug-likeness (QED) is 0.874. The van der Waals surface area contributed by atoms with E-state index in [1.54, 1.807) is 0 Å². The molecule has 0 spiro atoms. The van der Waals surface area contributed by atoms with Crippen LogP contribution in [0, 0.1) is 6.92 Å². The zero-order valence-electron chi connectivity index (χ0n) is 12.1. The van der Waals surface area contributed by atoms with Gasteiger partial charge in [-0.3, -0.25) is 4.90 Å². The summed E-state index contributed by atoms with van der Waals surface area (Å²) in [5.41, 5.74) is 0. The van der Waals surface area contributed by atoms with Gasteiger partial charge in [0.1, 0.15) is 11.5 Å². The zero-order valence-corrected chi connectivity index (χ0v) is 12.1. The van der Waals surface area contributed by atoms with Gasteiger partial charge in [0, 0.05) is 25.2 Å². The Kier molecular flexibility index (Phi) is 4.46. The fraction of sp³-hybridized carbons (Fsp3) is 0.733. The van der Waals surface area contributed by atoms with Gasteiger partial charge in [0.25, 0.3) is 0 Å². The van der Waals surface area contributed by atoms with Crippen LogP contribution in [-0.2, 0) is 0 Å². The first-order chi connectivity index (χ1) is 8.56. The lowest BCUT2D eigenvalue weighted by Crippen LogP contribution is -2.43. The highest BCUT2D eigenvalue weighted by molar-refractivity contribution is 5.09. The molecular formula is C15H26N2O. The minimum atomic E-state index is 0.385. The van der Waals surface area contributed by atoms with Gasteiger partial charge in [0.05, 0.1) is 6.04 Å². The zero-order chi connectivity index (χ0) is 13.1. The van der Waals surface area contributed by atoms with Crippen LogP contribution >= 0.6 is 0 Å². The third-order valence-electron chi connectivity index (χ3n) is 3.99. The summed E-state index contributed by atoms with van der Waals surface area (Å²) in [4.78, 5) is 2.55. The second-order valence-electron chi connectivity index (χ2n) is 5.71. The summed E-state index contributed by atoms with van der Waals surface area (Å²) >= 11 is 0. The first-order valence-electron chi connectivity index (χ1n) is 7.12. The Morgan fingerprint density at radius 1 is 1.22 bits per heavy atom. The van der Waals surface area contributed by atoms with Crippen molar-refractivity contribution in [3.8, 4) is 0 Å². The van der Waals surface area contributed by atoms with Crippen LogP contribution in [-0.4, -0.2) is 30.1 Å². The van der Waals surface area contributed by atoms with E-state index in [2.05, 4.69) is 43.1 Å². The van der Waals surface area contributed by atoms with E-state index in [1.807, 2.05) is 6.92 Å². The SMILES string of the molecule is Cc1ccc(C(C)N2CCC(C)NC(C)CC2)o1. The van der Waals surface area contributed by atoms with E-state index < -0.39 is 0 Å². The number of nitrogens with zero attached hydrogens (tertiary/aromatic N) is 1. The van der Waals surface area contributed by atoms with Crippen LogP contribution in [0.4, 0.5) is 0 Å². The van der Waals surface area contributed by atoms with Crippen molar-refractivity contribution in [2.24, 2.45) is 0 Å². The fourth-order valence-corrected chi connectivity index (χ4v) is 2.73. The van der Waals surface area contributed by atoms with E-state index in [1.165, 1.54) is 12.8 Å². The highest BCUT2D eigenvalue weighted by atomic mass is 16.3. The molecule has 2 rings (SSSR count). The van der Waals surface area contributed by atoms with Gasteiger partial charge in [-0.1, -0.05) is 0 Å². The molecule has 0 aliphatic carbocycles. The smallest absolute Gasteiger partial charge is 0.121 e. The number of hydrogen-bond acceptors (Lipinski definition) is 3. The van der Waals surface area contributed by atoms with Gasteiger partial charge < -0.3 is 9.73 Å². The summed E-state index contributed by atoms with van der Waals surface area (Å²) in [6.45, 7) is 11.1. The summed E-state index contributed by atoms with van der Waals surface area (Å²) < 4.78 is 5.77. The second kappa shape index (κ2) is 5.89. The average Bonchev–Trinajstić information content (AvgIpc) is 2.73. The van der Waals surface area contributed by atoms with Gasteiger partial charge in [-0.25, -0.2) is 0 Å². The van der Waals surface area contributed by atoms with Gasteiger partial charge in [-0.2, -0.15) is 0 Å². The predicted molar refractivity (Wildman–Crippen MR) is 74.7 cm³/mol. The maximum Gasteiger partial charge on any atom is 0.121 e. The molecule has 3 heteroatoms. The van der Waals surface area contributed by atoms with Crippen molar-refractivity contribution >= 4 is 0 Å². The molecule has 0 amide bonds. The number of hydrogen-bond donors (Lipinski definition) is 1. The van der Waals surface area contributed by atoms with E-state index in [0.29, 0.717) is 18.1 Å². The molecule has 0 saturated carbocycles. The summed E-state index contributed by atoms with van der Waals surface area (Å²) in [6.07, 6.45) is 2.41. The molecule has 1 aromatic rings. The molecule has 1 fully saturated rings. The summed E-state index contributed by atoms with van der Waals surface area (Å²) in [6, 6.07) is 5.77. The molecule has 102 valence electrons. The maximum absolute atomic E-state index is 5.77. The van der Waals surface area contributed by atoms with Gasteiger partial charge >= 0.3 is 0 Å². The summed E-state index contributed by atoms with van der Waals surface area (Å²) in [7, 11) is 0. The minimum absolute atomic E-state index is 0.385. The van der Waals surface area contributed by atoms with Crippen LogP contribution in [0.15, 0.2) is 16.5 Å². The molecule has 1 aliphatic rings.